The Balaban J connectivity index is 2.15. The minimum atomic E-state index is -0.538. The molecule has 2 rings (SSSR count). The lowest BCUT2D eigenvalue weighted by molar-refractivity contribution is 0.179. The van der Waals surface area contributed by atoms with Crippen LogP contribution in [0.25, 0.3) is 0 Å². The number of benzene rings is 2. The molecule has 0 aliphatic rings. The Labute approximate surface area is 95.4 Å². The fourth-order valence-electron chi connectivity index (χ4n) is 1.76. The van der Waals surface area contributed by atoms with Crippen LogP contribution in [-0.2, 0) is 6.42 Å². The van der Waals surface area contributed by atoms with Crippen LogP contribution < -0.4 is 5.73 Å². The normalized spacial score (nSPS) is 12.3. The molecule has 1 atom stereocenters. The van der Waals surface area contributed by atoms with Crippen molar-refractivity contribution in [1.82, 2.24) is 0 Å². The molecular weight excluding hydrogens is 198 g/mol. The number of nitrogens with two attached hydrogens (primary N) is 1. The summed E-state index contributed by atoms with van der Waals surface area (Å²) in [4.78, 5) is 0. The lowest BCUT2D eigenvalue weighted by Crippen LogP contribution is -2.04. The van der Waals surface area contributed by atoms with Gasteiger partial charge in [-0.15, -0.1) is 0 Å². The van der Waals surface area contributed by atoms with Gasteiger partial charge in [-0.25, -0.2) is 0 Å². The van der Waals surface area contributed by atoms with Crippen molar-refractivity contribution < 1.29 is 5.11 Å². The van der Waals surface area contributed by atoms with E-state index < -0.39 is 6.10 Å². The minimum absolute atomic E-state index is 0.538. The highest BCUT2D eigenvalue weighted by Gasteiger charge is 2.10. The quantitative estimate of drug-likeness (QED) is 0.770. The van der Waals surface area contributed by atoms with Crippen LogP contribution >= 0.6 is 0 Å². The summed E-state index contributed by atoms with van der Waals surface area (Å²) in [6.45, 7) is 0. The van der Waals surface area contributed by atoms with Crippen molar-refractivity contribution in [3.63, 3.8) is 0 Å². The van der Waals surface area contributed by atoms with Gasteiger partial charge in [0, 0.05) is 17.7 Å². The zero-order chi connectivity index (χ0) is 11.4. The van der Waals surface area contributed by atoms with Gasteiger partial charge in [0.2, 0.25) is 0 Å². The highest BCUT2D eigenvalue weighted by molar-refractivity contribution is 5.47. The molecule has 2 nitrogen and oxygen atoms in total. The molecule has 0 amide bonds. The SMILES string of the molecule is Nc1ccccc1[C@H](O)Cc1ccccc1. The van der Waals surface area contributed by atoms with Gasteiger partial charge in [0.05, 0.1) is 6.10 Å². The molecule has 0 saturated carbocycles. The van der Waals surface area contributed by atoms with E-state index in [9.17, 15) is 5.11 Å². The van der Waals surface area contributed by atoms with Gasteiger partial charge in [0.15, 0.2) is 0 Å². The average Bonchev–Trinajstić information content (AvgIpc) is 2.31. The molecular formula is C14H15NO. The minimum Gasteiger partial charge on any atom is -0.398 e. The van der Waals surface area contributed by atoms with Gasteiger partial charge in [0.1, 0.15) is 0 Å². The molecule has 0 radical (unpaired) electrons. The van der Waals surface area contributed by atoms with Gasteiger partial charge < -0.3 is 10.8 Å². The summed E-state index contributed by atoms with van der Waals surface area (Å²) >= 11 is 0. The van der Waals surface area contributed by atoms with E-state index in [0.717, 1.165) is 11.1 Å². The second kappa shape index (κ2) is 4.81. The van der Waals surface area contributed by atoms with Crippen LogP contribution in [0.3, 0.4) is 0 Å². The largest absolute Gasteiger partial charge is 0.398 e. The van der Waals surface area contributed by atoms with Crippen molar-refractivity contribution in [2.45, 2.75) is 12.5 Å². The molecule has 0 aromatic heterocycles. The predicted octanol–water partition coefficient (Wildman–Crippen LogP) is 2.54. The first-order valence-electron chi connectivity index (χ1n) is 5.34. The van der Waals surface area contributed by atoms with Crippen LogP contribution in [0, 0.1) is 0 Å². The molecule has 2 heteroatoms. The number of aliphatic hydroxyl groups excluding tert-OH is 1. The lowest BCUT2D eigenvalue weighted by atomic mass is 10.0. The van der Waals surface area contributed by atoms with E-state index in [1.54, 1.807) is 0 Å². The number of nitrogen functional groups attached to an aromatic ring is 1. The fraction of sp³-hybridized carbons (Fsp3) is 0.143. The van der Waals surface area contributed by atoms with Crippen molar-refractivity contribution in [1.29, 1.82) is 0 Å². The van der Waals surface area contributed by atoms with Crippen LogP contribution in [0.1, 0.15) is 17.2 Å². The Kier molecular flexibility index (Phi) is 3.22. The predicted molar refractivity (Wildman–Crippen MR) is 66.0 cm³/mol. The van der Waals surface area contributed by atoms with Gasteiger partial charge in [-0.2, -0.15) is 0 Å². The smallest absolute Gasteiger partial charge is 0.0850 e. The topological polar surface area (TPSA) is 46.2 Å². The number of anilines is 1. The van der Waals surface area contributed by atoms with Crippen molar-refractivity contribution in [2.75, 3.05) is 5.73 Å². The fourth-order valence-corrected chi connectivity index (χ4v) is 1.76. The van der Waals surface area contributed by atoms with E-state index >= 15 is 0 Å². The molecule has 0 unspecified atom stereocenters. The third-order valence-corrected chi connectivity index (χ3v) is 2.63. The van der Waals surface area contributed by atoms with Crippen molar-refractivity contribution in [2.24, 2.45) is 0 Å². The molecule has 2 aromatic rings. The van der Waals surface area contributed by atoms with E-state index in [2.05, 4.69) is 0 Å². The zero-order valence-corrected chi connectivity index (χ0v) is 9.01. The third-order valence-electron chi connectivity index (χ3n) is 2.63. The standard InChI is InChI=1S/C14H15NO/c15-13-9-5-4-8-12(13)14(16)10-11-6-2-1-3-7-11/h1-9,14,16H,10,15H2/t14-/m1/s1. The number of rotatable bonds is 3. The van der Waals surface area contributed by atoms with E-state index in [4.69, 9.17) is 5.73 Å². The van der Waals surface area contributed by atoms with Crippen molar-refractivity contribution >= 4 is 5.69 Å². The maximum absolute atomic E-state index is 10.1. The number of para-hydroxylation sites is 1. The summed E-state index contributed by atoms with van der Waals surface area (Å²) in [5.74, 6) is 0. The van der Waals surface area contributed by atoms with Crippen molar-refractivity contribution in [3.05, 3.63) is 65.7 Å². The van der Waals surface area contributed by atoms with Gasteiger partial charge in [-0.1, -0.05) is 48.5 Å². The maximum Gasteiger partial charge on any atom is 0.0850 e. The summed E-state index contributed by atoms with van der Waals surface area (Å²) < 4.78 is 0. The van der Waals surface area contributed by atoms with Crippen molar-refractivity contribution in [3.8, 4) is 0 Å². The molecule has 2 aromatic carbocycles. The van der Waals surface area contributed by atoms with E-state index in [1.165, 1.54) is 0 Å². The van der Waals surface area contributed by atoms with Crippen LogP contribution in [0.2, 0.25) is 0 Å². The maximum atomic E-state index is 10.1. The van der Waals surface area contributed by atoms with E-state index in [0.29, 0.717) is 12.1 Å². The molecule has 82 valence electrons. The second-order valence-corrected chi connectivity index (χ2v) is 3.83. The third kappa shape index (κ3) is 2.41. The van der Waals surface area contributed by atoms with Crippen LogP contribution in [0.15, 0.2) is 54.6 Å². The molecule has 0 aliphatic carbocycles. The molecule has 0 aliphatic heterocycles. The second-order valence-electron chi connectivity index (χ2n) is 3.83. The number of aliphatic hydroxyl groups is 1. The molecule has 0 bridgehead atoms. The number of hydrogen-bond donors (Lipinski definition) is 2. The highest BCUT2D eigenvalue weighted by Crippen LogP contribution is 2.23. The summed E-state index contributed by atoms with van der Waals surface area (Å²) in [5.41, 5.74) is 8.37. The summed E-state index contributed by atoms with van der Waals surface area (Å²) in [6.07, 6.45) is 0.0540. The van der Waals surface area contributed by atoms with E-state index in [-0.39, 0.29) is 0 Å². The molecule has 16 heavy (non-hydrogen) atoms. The molecule has 0 spiro atoms. The van der Waals surface area contributed by atoms with Gasteiger partial charge in [0.25, 0.3) is 0 Å². The van der Waals surface area contributed by atoms with Gasteiger partial charge in [-0.3, -0.25) is 0 Å². The summed E-state index contributed by atoms with van der Waals surface area (Å²) in [7, 11) is 0. The van der Waals surface area contributed by atoms with Crippen LogP contribution in [-0.4, -0.2) is 5.11 Å². The van der Waals surface area contributed by atoms with Crippen LogP contribution in [0.4, 0.5) is 5.69 Å². The Morgan fingerprint density at radius 3 is 2.25 bits per heavy atom. The lowest BCUT2D eigenvalue weighted by Gasteiger charge is -2.13. The first-order valence-corrected chi connectivity index (χ1v) is 5.34. The molecule has 0 saturated heterocycles. The highest BCUT2D eigenvalue weighted by atomic mass is 16.3. The first-order chi connectivity index (χ1) is 7.77. The summed E-state index contributed by atoms with van der Waals surface area (Å²) in [5, 5.41) is 10.1. The van der Waals surface area contributed by atoms with Gasteiger partial charge in [-0.05, 0) is 11.6 Å². The molecule has 3 N–H and O–H groups in total. The van der Waals surface area contributed by atoms with E-state index in [1.807, 2.05) is 54.6 Å². The Bertz CT molecular complexity index is 453. The summed E-state index contributed by atoms with van der Waals surface area (Å²) in [6, 6.07) is 17.3. The van der Waals surface area contributed by atoms with Gasteiger partial charge >= 0.3 is 0 Å². The zero-order valence-electron chi connectivity index (χ0n) is 9.01. The number of hydrogen-bond acceptors (Lipinski definition) is 2. The average molecular weight is 213 g/mol. The Morgan fingerprint density at radius 1 is 0.938 bits per heavy atom. The monoisotopic (exact) mass is 213 g/mol. The first kappa shape index (κ1) is 10.7. The molecule has 0 heterocycles. The van der Waals surface area contributed by atoms with Crippen LogP contribution in [0.5, 0.6) is 0 Å². The Hall–Kier alpha value is -1.80. The Morgan fingerprint density at radius 2 is 1.56 bits per heavy atom. The molecule has 0 fully saturated rings.